The number of benzene rings is 3. The summed E-state index contributed by atoms with van der Waals surface area (Å²) >= 11 is 0. The van der Waals surface area contributed by atoms with E-state index in [1.54, 1.807) is 12.1 Å². The van der Waals surface area contributed by atoms with Crippen molar-refractivity contribution >= 4 is 0 Å². The lowest BCUT2D eigenvalue weighted by Crippen LogP contribution is -2.00. The second-order valence-electron chi connectivity index (χ2n) is 6.55. The average Bonchev–Trinajstić information content (AvgIpc) is 2.69. The lowest BCUT2D eigenvalue weighted by molar-refractivity contribution is 0.628. The Hall–Kier alpha value is -3.40. The number of aryl methyl sites for hydroxylation is 2. The molecule has 0 saturated heterocycles. The van der Waals surface area contributed by atoms with Gasteiger partial charge in [0.25, 0.3) is 0 Å². The van der Waals surface area contributed by atoms with Gasteiger partial charge in [0.2, 0.25) is 0 Å². The van der Waals surface area contributed by atoms with Crippen molar-refractivity contribution in [3.63, 3.8) is 0 Å². The van der Waals surface area contributed by atoms with Crippen molar-refractivity contribution in [3.8, 4) is 34.2 Å². The molecule has 0 N–H and O–H groups in total. The van der Waals surface area contributed by atoms with Crippen LogP contribution in [0.25, 0.3) is 34.2 Å². The molecule has 27 heavy (non-hydrogen) atoms. The number of hydrogen-bond acceptors (Lipinski definition) is 3. The highest BCUT2D eigenvalue weighted by molar-refractivity contribution is 5.66. The minimum atomic E-state index is -0.287. The van der Waals surface area contributed by atoms with Gasteiger partial charge in [-0.1, -0.05) is 59.7 Å². The molecule has 0 aliphatic rings. The molecule has 4 rings (SSSR count). The van der Waals surface area contributed by atoms with Gasteiger partial charge in [0, 0.05) is 16.7 Å². The molecule has 4 aromatic rings. The van der Waals surface area contributed by atoms with Crippen LogP contribution in [0.2, 0.25) is 0 Å². The third-order valence-corrected chi connectivity index (χ3v) is 4.36. The van der Waals surface area contributed by atoms with Crippen LogP contribution >= 0.6 is 0 Å². The summed E-state index contributed by atoms with van der Waals surface area (Å²) in [4.78, 5) is 13.9. The molecule has 132 valence electrons. The fourth-order valence-corrected chi connectivity index (χ4v) is 2.77. The third-order valence-electron chi connectivity index (χ3n) is 4.36. The van der Waals surface area contributed by atoms with Gasteiger partial charge >= 0.3 is 0 Å². The van der Waals surface area contributed by atoms with E-state index in [1.807, 2.05) is 62.4 Å². The quantitative estimate of drug-likeness (QED) is 0.478. The fraction of sp³-hybridized carbons (Fsp3) is 0.0870. The highest BCUT2D eigenvalue weighted by atomic mass is 19.1. The second kappa shape index (κ2) is 7.08. The maximum Gasteiger partial charge on any atom is 0.164 e. The van der Waals surface area contributed by atoms with Crippen LogP contribution in [-0.2, 0) is 0 Å². The van der Waals surface area contributed by atoms with Gasteiger partial charge in [-0.3, -0.25) is 0 Å². The Labute approximate surface area is 157 Å². The van der Waals surface area contributed by atoms with Gasteiger partial charge < -0.3 is 0 Å². The summed E-state index contributed by atoms with van der Waals surface area (Å²) in [7, 11) is 0. The highest BCUT2D eigenvalue weighted by Gasteiger charge is 2.12. The first kappa shape index (κ1) is 17.0. The summed E-state index contributed by atoms with van der Waals surface area (Å²) in [6, 6.07) is 22.3. The van der Waals surface area contributed by atoms with Crippen molar-refractivity contribution in [1.82, 2.24) is 15.0 Å². The summed E-state index contributed by atoms with van der Waals surface area (Å²) in [5, 5.41) is 0. The van der Waals surface area contributed by atoms with E-state index in [-0.39, 0.29) is 5.82 Å². The molecule has 0 saturated carbocycles. The van der Waals surface area contributed by atoms with Crippen molar-refractivity contribution in [1.29, 1.82) is 0 Å². The van der Waals surface area contributed by atoms with E-state index >= 15 is 0 Å². The van der Waals surface area contributed by atoms with Crippen molar-refractivity contribution in [2.24, 2.45) is 0 Å². The first-order chi connectivity index (χ1) is 13.1. The van der Waals surface area contributed by atoms with Crippen LogP contribution in [0.5, 0.6) is 0 Å². The lowest BCUT2D eigenvalue weighted by atomic mass is 10.1. The zero-order chi connectivity index (χ0) is 18.8. The average molecular weight is 355 g/mol. The zero-order valence-corrected chi connectivity index (χ0v) is 15.1. The maximum absolute atomic E-state index is 13.3. The highest BCUT2D eigenvalue weighted by Crippen LogP contribution is 2.25. The SMILES string of the molecule is Cc1ccc(-c2nc(-c3ccc(C)cc3)nc(-c3ccc(F)cc3)n2)cc1. The fourth-order valence-electron chi connectivity index (χ4n) is 2.77. The Balaban J connectivity index is 1.89. The van der Waals surface area contributed by atoms with Gasteiger partial charge in [-0.25, -0.2) is 19.3 Å². The van der Waals surface area contributed by atoms with Gasteiger partial charge in [0.15, 0.2) is 17.5 Å². The van der Waals surface area contributed by atoms with Crippen LogP contribution in [0.15, 0.2) is 72.8 Å². The molecule has 3 nitrogen and oxygen atoms in total. The Morgan fingerprint density at radius 3 is 1.11 bits per heavy atom. The summed E-state index contributed by atoms with van der Waals surface area (Å²) < 4.78 is 13.3. The van der Waals surface area contributed by atoms with Gasteiger partial charge in [0.05, 0.1) is 0 Å². The van der Waals surface area contributed by atoms with Crippen LogP contribution in [-0.4, -0.2) is 15.0 Å². The van der Waals surface area contributed by atoms with Crippen LogP contribution < -0.4 is 0 Å². The summed E-state index contributed by atoms with van der Waals surface area (Å²) in [6.07, 6.45) is 0. The number of nitrogens with zero attached hydrogens (tertiary/aromatic N) is 3. The molecule has 0 atom stereocenters. The first-order valence-corrected chi connectivity index (χ1v) is 8.74. The molecule has 4 heteroatoms. The lowest BCUT2D eigenvalue weighted by Gasteiger charge is -2.08. The van der Waals surface area contributed by atoms with Crippen molar-refractivity contribution in [2.75, 3.05) is 0 Å². The van der Waals surface area contributed by atoms with E-state index in [2.05, 4.69) is 15.0 Å². The number of rotatable bonds is 3. The standard InChI is InChI=1S/C23H18FN3/c1-15-3-7-17(8-4-15)21-25-22(18-9-5-16(2)6-10-18)27-23(26-21)19-11-13-20(24)14-12-19/h3-14H,1-2H3. The Morgan fingerprint density at radius 2 is 0.778 bits per heavy atom. The summed E-state index contributed by atoms with van der Waals surface area (Å²) in [5.41, 5.74) is 4.93. The molecule has 1 aromatic heterocycles. The van der Waals surface area contributed by atoms with E-state index in [0.717, 1.165) is 16.7 Å². The Bertz CT molecular complexity index is 916. The maximum atomic E-state index is 13.3. The van der Waals surface area contributed by atoms with E-state index in [0.29, 0.717) is 17.5 Å². The molecule has 0 spiro atoms. The van der Waals surface area contributed by atoms with Crippen molar-refractivity contribution in [2.45, 2.75) is 13.8 Å². The van der Waals surface area contributed by atoms with Crippen molar-refractivity contribution in [3.05, 3.63) is 89.7 Å². The largest absolute Gasteiger partial charge is 0.208 e. The van der Waals surface area contributed by atoms with Gasteiger partial charge in [-0.05, 0) is 38.1 Å². The number of aromatic nitrogens is 3. The zero-order valence-electron chi connectivity index (χ0n) is 15.1. The Morgan fingerprint density at radius 1 is 0.481 bits per heavy atom. The molecule has 0 bridgehead atoms. The van der Waals surface area contributed by atoms with Gasteiger partial charge in [-0.2, -0.15) is 0 Å². The molecular formula is C23H18FN3. The predicted octanol–water partition coefficient (Wildman–Crippen LogP) is 5.63. The molecule has 0 aliphatic carbocycles. The minimum Gasteiger partial charge on any atom is -0.208 e. The third kappa shape index (κ3) is 3.75. The van der Waals surface area contributed by atoms with Crippen LogP contribution in [0, 0.1) is 19.7 Å². The summed E-state index contributed by atoms with van der Waals surface area (Å²) in [6.45, 7) is 4.08. The number of halogens is 1. The van der Waals surface area contributed by atoms with Crippen LogP contribution in [0.3, 0.4) is 0 Å². The van der Waals surface area contributed by atoms with Gasteiger partial charge in [-0.15, -0.1) is 0 Å². The summed E-state index contributed by atoms with van der Waals surface area (Å²) in [5.74, 6) is 1.43. The molecule has 1 heterocycles. The minimum absolute atomic E-state index is 0.287. The van der Waals surface area contributed by atoms with Crippen LogP contribution in [0.1, 0.15) is 11.1 Å². The van der Waals surface area contributed by atoms with Crippen molar-refractivity contribution < 1.29 is 4.39 Å². The topological polar surface area (TPSA) is 38.7 Å². The monoisotopic (exact) mass is 355 g/mol. The Kier molecular flexibility index (Phi) is 4.47. The van der Waals surface area contributed by atoms with Gasteiger partial charge in [0.1, 0.15) is 5.82 Å². The molecule has 0 fully saturated rings. The molecule has 0 aliphatic heterocycles. The second-order valence-corrected chi connectivity index (χ2v) is 6.55. The smallest absolute Gasteiger partial charge is 0.164 e. The molecule has 3 aromatic carbocycles. The predicted molar refractivity (Wildman–Crippen MR) is 106 cm³/mol. The molecule has 0 unspecified atom stereocenters. The molecule has 0 radical (unpaired) electrons. The molecular weight excluding hydrogens is 337 g/mol. The van der Waals surface area contributed by atoms with E-state index in [4.69, 9.17) is 0 Å². The normalized spacial score (nSPS) is 10.8. The first-order valence-electron chi connectivity index (χ1n) is 8.74. The van der Waals surface area contributed by atoms with E-state index < -0.39 is 0 Å². The molecule has 0 amide bonds. The van der Waals surface area contributed by atoms with E-state index in [9.17, 15) is 4.39 Å². The number of hydrogen-bond donors (Lipinski definition) is 0. The van der Waals surface area contributed by atoms with Crippen LogP contribution in [0.4, 0.5) is 4.39 Å². The van der Waals surface area contributed by atoms with E-state index in [1.165, 1.54) is 23.3 Å².